The van der Waals surface area contributed by atoms with Crippen molar-refractivity contribution < 1.29 is 9.53 Å². The summed E-state index contributed by atoms with van der Waals surface area (Å²) in [6.45, 7) is 2.38. The quantitative estimate of drug-likeness (QED) is 0.413. The molecule has 0 aliphatic carbocycles. The molecule has 0 bridgehead atoms. The van der Waals surface area contributed by atoms with Crippen LogP contribution in [0.15, 0.2) is 59.4 Å². The summed E-state index contributed by atoms with van der Waals surface area (Å²) in [5.41, 5.74) is 5.21. The van der Waals surface area contributed by atoms with Gasteiger partial charge in [-0.2, -0.15) is 5.10 Å². The SMILES string of the molecule is Cc1ccc(-c2n[nH]c(=S)n2CC(=O)Nc2ccccc2OCc2cscn2)cc1. The van der Waals surface area contributed by atoms with Crippen LogP contribution >= 0.6 is 23.6 Å². The summed E-state index contributed by atoms with van der Waals surface area (Å²) in [7, 11) is 0. The summed E-state index contributed by atoms with van der Waals surface area (Å²) in [4.78, 5) is 17.0. The van der Waals surface area contributed by atoms with Crippen molar-refractivity contribution in [3.63, 3.8) is 0 Å². The van der Waals surface area contributed by atoms with E-state index < -0.39 is 0 Å². The summed E-state index contributed by atoms with van der Waals surface area (Å²) >= 11 is 6.84. The fraction of sp³-hybridized carbons (Fsp3) is 0.143. The molecule has 0 fully saturated rings. The number of carbonyl (C=O) groups is 1. The third kappa shape index (κ3) is 4.64. The van der Waals surface area contributed by atoms with E-state index in [2.05, 4.69) is 20.5 Å². The predicted octanol–water partition coefficient (Wildman–Crippen LogP) is 4.59. The molecule has 30 heavy (non-hydrogen) atoms. The molecular weight excluding hydrogens is 418 g/mol. The molecule has 0 spiro atoms. The van der Waals surface area contributed by atoms with Gasteiger partial charge in [0.2, 0.25) is 5.91 Å². The van der Waals surface area contributed by atoms with Crippen LogP contribution in [-0.2, 0) is 17.9 Å². The van der Waals surface area contributed by atoms with Crippen molar-refractivity contribution in [2.75, 3.05) is 5.32 Å². The van der Waals surface area contributed by atoms with Crippen molar-refractivity contribution in [3.8, 4) is 17.1 Å². The van der Waals surface area contributed by atoms with E-state index in [0.717, 1.165) is 16.8 Å². The fourth-order valence-corrected chi connectivity index (χ4v) is 3.62. The first-order valence-corrected chi connectivity index (χ1v) is 10.6. The molecule has 0 aliphatic heterocycles. The van der Waals surface area contributed by atoms with E-state index >= 15 is 0 Å². The van der Waals surface area contributed by atoms with Crippen LogP contribution in [0.1, 0.15) is 11.3 Å². The maximum atomic E-state index is 12.8. The zero-order chi connectivity index (χ0) is 20.9. The van der Waals surface area contributed by atoms with Gasteiger partial charge < -0.3 is 10.1 Å². The number of para-hydroxylation sites is 2. The van der Waals surface area contributed by atoms with Crippen molar-refractivity contribution in [3.05, 3.63) is 75.4 Å². The molecule has 152 valence electrons. The molecule has 0 atom stereocenters. The van der Waals surface area contributed by atoms with Crippen LogP contribution in [0.5, 0.6) is 5.75 Å². The highest BCUT2D eigenvalue weighted by Crippen LogP contribution is 2.25. The van der Waals surface area contributed by atoms with Crippen LogP contribution in [0.2, 0.25) is 0 Å². The zero-order valence-electron chi connectivity index (χ0n) is 16.2. The molecule has 4 rings (SSSR count). The normalized spacial score (nSPS) is 10.7. The Labute approximate surface area is 182 Å². The Morgan fingerprint density at radius 3 is 2.80 bits per heavy atom. The maximum Gasteiger partial charge on any atom is 0.244 e. The van der Waals surface area contributed by atoms with Gasteiger partial charge in [-0.15, -0.1) is 11.3 Å². The van der Waals surface area contributed by atoms with Crippen LogP contribution in [0.4, 0.5) is 5.69 Å². The van der Waals surface area contributed by atoms with Crippen molar-refractivity contribution in [1.29, 1.82) is 0 Å². The van der Waals surface area contributed by atoms with Gasteiger partial charge in [-0.05, 0) is 31.3 Å². The number of carbonyl (C=O) groups excluding carboxylic acids is 1. The molecule has 1 amide bonds. The number of aromatic amines is 1. The van der Waals surface area contributed by atoms with Gasteiger partial charge in [-0.3, -0.25) is 14.5 Å². The van der Waals surface area contributed by atoms with E-state index in [1.54, 1.807) is 16.1 Å². The smallest absolute Gasteiger partial charge is 0.244 e. The Bertz CT molecular complexity index is 1200. The lowest BCUT2D eigenvalue weighted by molar-refractivity contribution is -0.116. The number of aromatic nitrogens is 4. The average Bonchev–Trinajstić information content (AvgIpc) is 3.39. The molecule has 0 unspecified atom stereocenters. The number of nitrogens with zero attached hydrogens (tertiary/aromatic N) is 3. The van der Waals surface area contributed by atoms with Gasteiger partial charge in [0.1, 0.15) is 18.9 Å². The van der Waals surface area contributed by atoms with E-state index in [4.69, 9.17) is 17.0 Å². The Morgan fingerprint density at radius 1 is 1.23 bits per heavy atom. The number of ether oxygens (including phenoxy) is 1. The molecule has 2 aromatic carbocycles. The topological polar surface area (TPSA) is 84.8 Å². The second-order valence-corrected chi connectivity index (χ2v) is 7.72. The number of rotatable bonds is 7. The van der Waals surface area contributed by atoms with Crippen LogP contribution < -0.4 is 10.1 Å². The summed E-state index contributed by atoms with van der Waals surface area (Å²) in [5.74, 6) is 0.960. The third-order valence-corrected chi connectivity index (χ3v) is 5.34. The first kappa shape index (κ1) is 20.0. The first-order valence-electron chi connectivity index (χ1n) is 9.21. The lowest BCUT2D eigenvalue weighted by Crippen LogP contribution is -2.20. The number of aryl methyl sites for hydroxylation is 1. The summed E-state index contributed by atoms with van der Waals surface area (Å²) in [6.07, 6.45) is 0. The van der Waals surface area contributed by atoms with Gasteiger partial charge >= 0.3 is 0 Å². The van der Waals surface area contributed by atoms with E-state index in [0.29, 0.717) is 28.6 Å². The van der Waals surface area contributed by atoms with E-state index in [1.807, 2.05) is 54.8 Å². The standard InChI is InChI=1S/C21H19N5O2S2/c1-14-6-8-15(9-7-14)20-24-25-21(29)26(20)10-19(27)23-17-4-2-3-5-18(17)28-11-16-12-30-13-22-16/h2-9,12-13H,10-11H2,1H3,(H,23,27)(H,25,29). The molecule has 0 saturated carbocycles. The zero-order valence-corrected chi connectivity index (χ0v) is 17.8. The highest BCUT2D eigenvalue weighted by Gasteiger charge is 2.14. The highest BCUT2D eigenvalue weighted by atomic mass is 32.1. The van der Waals surface area contributed by atoms with Crippen LogP contribution in [0.25, 0.3) is 11.4 Å². The van der Waals surface area contributed by atoms with Crippen molar-refractivity contribution in [2.45, 2.75) is 20.1 Å². The minimum Gasteiger partial charge on any atom is -0.485 e. The second kappa shape index (κ2) is 9.02. The average molecular weight is 438 g/mol. The summed E-state index contributed by atoms with van der Waals surface area (Å²) < 4.78 is 7.89. The number of amides is 1. The Morgan fingerprint density at radius 2 is 2.03 bits per heavy atom. The Balaban J connectivity index is 1.49. The number of nitrogens with one attached hydrogen (secondary N) is 2. The second-order valence-electron chi connectivity index (χ2n) is 6.62. The van der Waals surface area contributed by atoms with Crippen molar-refractivity contribution >= 4 is 35.1 Å². The maximum absolute atomic E-state index is 12.8. The molecule has 7 nitrogen and oxygen atoms in total. The molecule has 2 N–H and O–H groups in total. The number of thiazole rings is 1. The van der Waals surface area contributed by atoms with Crippen LogP contribution in [0, 0.1) is 11.7 Å². The minimum atomic E-state index is -0.231. The summed E-state index contributed by atoms with van der Waals surface area (Å²) in [5, 5.41) is 11.9. The molecule has 0 aliphatic rings. The Hall–Kier alpha value is -3.30. The van der Waals surface area contributed by atoms with E-state index in [-0.39, 0.29) is 12.5 Å². The molecular formula is C21H19N5O2S2. The monoisotopic (exact) mass is 437 g/mol. The molecule has 4 aromatic rings. The highest BCUT2D eigenvalue weighted by molar-refractivity contribution is 7.71. The third-order valence-electron chi connectivity index (χ3n) is 4.39. The molecule has 9 heteroatoms. The number of anilines is 1. The van der Waals surface area contributed by atoms with Crippen LogP contribution in [-0.4, -0.2) is 25.7 Å². The number of benzene rings is 2. The van der Waals surface area contributed by atoms with Crippen molar-refractivity contribution in [1.82, 2.24) is 19.7 Å². The lowest BCUT2D eigenvalue weighted by Gasteiger charge is -2.13. The fourth-order valence-electron chi connectivity index (χ4n) is 2.88. The molecule has 0 radical (unpaired) electrons. The molecule has 0 saturated heterocycles. The number of H-pyrrole nitrogens is 1. The van der Waals surface area contributed by atoms with Gasteiger partial charge in [0.25, 0.3) is 0 Å². The van der Waals surface area contributed by atoms with Gasteiger partial charge in [0.15, 0.2) is 10.6 Å². The predicted molar refractivity (Wildman–Crippen MR) is 119 cm³/mol. The molecule has 2 aromatic heterocycles. The first-order chi connectivity index (χ1) is 14.6. The van der Waals surface area contributed by atoms with Crippen molar-refractivity contribution in [2.24, 2.45) is 0 Å². The minimum absolute atomic E-state index is 0.0267. The van der Waals surface area contributed by atoms with Gasteiger partial charge in [-0.25, -0.2) is 4.98 Å². The van der Waals surface area contributed by atoms with Gasteiger partial charge in [0, 0.05) is 10.9 Å². The van der Waals surface area contributed by atoms with E-state index in [1.165, 1.54) is 11.3 Å². The summed E-state index contributed by atoms with van der Waals surface area (Å²) in [6, 6.07) is 15.2. The lowest BCUT2D eigenvalue weighted by atomic mass is 10.1. The van der Waals surface area contributed by atoms with Crippen LogP contribution in [0.3, 0.4) is 0 Å². The number of hydrogen-bond donors (Lipinski definition) is 2. The van der Waals surface area contributed by atoms with E-state index in [9.17, 15) is 4.79 Å². The van der Waals surface area contributed by atoms with Gasteiger partial charge in [0.05, 0.1) is 16.9 Å². The number of hydrogen-bond acceptors (Lipinski definition) is 6. The largest absolute Gasteiger partial charge is 0.485 e. The van der Waals surface area contributed by atoms with Gasteiger partial charge in [-0.1, -0.05) is 42.0 Å². The molecule has 2 heterocycles. The Kier molecular flexibility index (Phi) is 6.01.